The molecule has 3 aromatic rings. The maximum Gasteiger partial charge on any atom is 0.419 e. The van der Waals surface area contributed by atoms with Crippen LogP contribution < -0.4 is 15.8 Å². The summed E-state index contributed by atoms with van der Waals surface area (Å²) >= 11 is 0. The molecule has 1 N–H and O–H groups in total. The number of ether oxygens (including phenoxy) is 1. The number of carbonyl (C=O) groups is 1. The molecule has 0 atom stereocenters. The van der Waals surface area contributed by atoms with E-state index >= 15 is 0 Å². The van der Waals surface area contributed by atoms with Gasteiger partial charge < -0.3 is 14.5 Å². The summed E-state index contributed by atoms with van der Waals surface area (Å²) in [6, 6.07) is 11.5. The van der Waals surface area contributed by atoms with Crippen LogP contribution in [0.25, 0.3) is 11.1 Å². The molecule has 0 aliphatic rings. The van der Waals surface area contributed by atoms with Crippen molar-refractivity contribution >= 4 is 32.7 Å². The van der Waals surface area contributed by atoms with Crippen LogP contribution in [0.4, 0.5) is 5.69 Å². The van der Waals surface area contributed by atoms with Gasteiger partial charge in [0, 0.05) is 26.1 Å². The number of rotatable bonds is 10. The van der Waals surface area contributed by atoms with Gasteiger partial charge in [-0.3, -0.25) is 9.36 Å². The molecule has 0 saturated heterocycles. The highest BCUT2D eigenvalue weighted by Gasteiger charge is 2.23. The lowest BCUT2D eigenvalue weighted by atomic mass is 10.2. The summed E-state index contributed by atoms with van der Waals surface area (Å²) in [6.07, 6.45) is 0.525. The van der Waals surface area contributed by atoms with Gasteiger partial charge in [0.2, 0.25) is 15.9 Å². The number of aryl methyl sites for hydroxylation is 1. The lowest BCUT2D eigenvalue weighted by molar-refractivity contribution is -0.116. The number of hydrogen-bond acceptors (Lipinski definition) is 6. The van der Waals surface area contributed by atoms with Gasteiger partial charge in [0.15, 0.2) is 5.58 Å². The Morgan fingerprint density at radius 2 is 1.88 bits per heavy atom. The van der Waals surface area contributed by atoms with Gasteiger partial charge in [0.1, 0.15) is 5.75 Å². The number of amides is 1. The minimum Gasteiger partial charge on any atom is -0.495 e. The molecule has 9 nitrogen and oxygen atoms in total. The van der Waals surface area contributed by atoms with Crippen LogP contribution in [-0.2, 0) is 21.4 Å². The molecule has 2 aromatic carbocycles. The van der Waals surface area contributed by atoms with Crippen molar-refractivity contribution in [3.63, 3.8) is 0 Å². The monoisotopic (exact) mass is 461 g/mol. The molecule has 1 heterocycles. The van der Waals surface area contributed by atoms with Gasteiger partial charge in [-0.2, -0.15) is 4.31 Å². The van der Waals surface area contributed by atoms with Crippen LogP contribution >= 0.6 is 0 Å². The fraction of sp³-hybridized carbons (Fsp3) is 0.364. The second-order valence-electron chi connectivity index (χ2n) is 7.09. The van der Waals surface area contributed by atoms with Gasteiger partial charge in [-0.1, -0.05) is 26.0 Å². The van der Waals surface area contributed by atoms with E-state index in [2.05, 4.69) is 5.32 Å². The summed E-state index contributed by atoms with van der Waals surface area (Å²) < 4.78 is 38.9. The van der Waals surface area contributed by atoms with Gasteiger partial charge >= 0.3 is 5.76 Å². The molecule has 10 heteroatoms. The molecule has 0 unspecified atom stereocenters. The first-order chi connectivity index (χ1) is 15.3. The highest BCUT2D eigenvalue weighted by Crippen LogP contribution is 2.29. The van der Waals surface area contributed by atoms with Crippen molar-refractivity contribution in [3.05, 3.63) is 53.0 Å². The number of sulfonamides is 1. The second-order valence-corrected chi connectivity index (χ2v) is 9.03. The van der Waals surface area contributed by atoms with Crippen LogP contribution in [0.1, 0.15) is 26.7 Å². The molecular formula is C22H27N3O6S. The summed E-state index contributed by atoms with van der Waals surface area (Å²) in [5.41, 5.74) is 1.45. The third-order valence-corrected chi connectivity index (χ3v) is 7.19. The molecule has 0 bridgehead atoms. The molecule has 0 aliphatic heterocycles. The first kappa shape index (κ1) is 23.6. The van der Waals surface area contributed by atoms with Crippen molar-refractivity contribution in [1.82, 2.24) is 8.87 Å². The average Bonchev–Trinajstić information content (AvgIpc) is 3.09. The Kier molecular flexibility index (Phi) is 7.37. The van der Waals surface area contributed by atoms with Crippen LogP contribution in [0, 0.1) is 0 Å². The largest absolute Gasteiger partial charge is 0.495 e. The van der Waals surface area contributed by atoms with Crippen molar-refractivity contribution in [2.24, 2.45) is 0 Å². The number of anilines is 1. The summed E-state index contributed by atoms with van der Waals surface area (Å²) in [4.78, 5) is 24.6. The fourth-order valence-corrected chi connectivity index (χ4v) is 4.98. The van der Waals surface area contributed by atoms with Gasteiger partial charge in [-0.05, 0) is 36.8 Å². The van der Waals surface area contributed by atoms with E-state index in [0.717, 1.165) is 0 Å². The van der Waals surface area contributed by atoms with E-state index in [4.69, 9.17) is 9.15 Å². The zero-order chi connectivity index (χ0) is 23.3. The Balaban J connectivity index is 1.71. The molecule has 0 spiro atoms. The molecular weight excluding hydrogens is 434 g/mol. The highest BCUT2D eigenvalue weighted by molar-refractivity contribution is 7.89. The Hall–Kier alpha value is -3.11. The van der Waals surface area contributed by atoms with Crippen LogP contribution in [-0.4, -0.2) is 43.4 Å². The Morgan fingerprint density at radius 1 is 1.16 bits per heavy atom. The van der Waals surface area contributed by atoms with E-state index in [1.165, 1.54) is 34.2 Å². The third kappa shape index (κ3) is 4.86. The number of methoxy groups -OCH3 is 1. The minimum absolute atomic E-state index is 0.0775. The third-order valence-electron chi connectivity index (χ3n) is 5.15. The number of hydrogen-bond donors (Lipinski definition) is 1. The molecule has 1 amide bonds. The number of carbonyl (C=O) groups excluding carboxylic acids is 1. The van der Waals surface area contributed by atoms with Crippen LogP contribution in [0.3, 0.4) is 0 Å². The number of fused-ring (bicyclic) bond motifs is 1. The van der Waals surface area contributed by atoms with Gasteiger partial charge in [0.25, 0.3) is 0 Å². The average molecular weight is 462 g/mol. The van der Waals surface area contributed by atoms with Crippen molar-refractivity contribution in [3.8, 4) is 5.75 Å². The molecule has 1 aromatic heterocycles. The molecule has 0 saturated carbocycles. The van der Waals surface area contributed by atoms with Gasteiger partial charge in [0.05, 0.1) is 23.2 Å². The maximum absolute atomic E-state index is 12.8. The van der Waals surface area contributed by atoms with E-state index in [0.29, 0.717) is 42.9 Å². The smallest absolute Gasteiger partial charge is 0.419 e. The Morgan fingerprint density at radius 3 is 2.56 bits per heavy atom. The molecule has 0 aliphatic carbocycles. The number of aromatic nitrogens is 1. The molecule has 172 valence electrons. The fourth-order valence-electron chi connectivity index (χ4n) is 3.49. The zero-order valence-electron chi connectivity index (χ0n) is 18.3. The number of oxazole rings is 1. The molecule has 32 heavy (non-hydrogen) atoms. The number of benzene rings is 2. The van der Waals surface area contributed by atoms with Crippen molar-refractivity contribution < 1.29 is 22.4 Å². The Labute approximate surface area is 186 Å². The number of nitrogens with zero attached hydrogens (tertiary/aromatic N) is 2. The maximum atomic E-state index is 12.8. The van der Waals surface area contributed by atoms with E-state index in [1.807, 2.05) is 6.07 Å². The lowest BCUT2D eigenvalue weighted by Gasteiger charge is -2.19. The summed E-state index contributed by atoms with van der Waals surface area (Å²) in [5, 5.41) is 2.72. The minimum atomic E-state index is -3.68. The summed E-state index contributed by atoms with van der Waals surface area (Å²) in [5.74, 6) is -0.432. The summed E-state index contributed by atoms with van der Waals surface area (Å²) in [6.45, 7) is 4.53. The first-order valence-corrected chi connectivity index (χ1v) is 11.8. The standard InChI is InChI=1S/C22H27N3O6S/c1-4-24(5-2)32(28,29)16-12-13-19(30-3)17(15-16)23-21(26)11-8-14-25-18-9-6-7-10-20(18)31-22(25)27/h6-7,9-10,12-13,15H,4-5,8,11,14H2,1-3H3,(H,23,26). The first-order valence-electron chi connectivity index (χ1n) is 10.4. The topological polar surface area (TPSA) is 111 Å². The predicted octanol–water partition coefficient (Wildman–Crippen LogP) is 3.05. The lowest BCUT2D eigenvalue weighted by Crippen LogP contribution is -2.30. The van der Waals surface area contributed by atoms with Crippen LogP contribution in [0.5, 0.6) is 5.75 Å². The predicted molar refractivity (Wildman–Crippen MR) is 121 cm³/mol. The second kappa shape index (κ2) is 10.0. The Bertz CT molecular complexity index is 1260. The molecule has 0 fully saturated rings. The van der Waals surface area contributed by atoms with E-state index in [9.17, 15) is 18.0 Å². The normalized spacial score (nSPS) is 11.8. The zero-order valence-corrected chi connectivity index (χ0v) is 19.1. The van der Waals surface area contributed by atoms with E-state index in [-0.39, 0.29) is 22.9 Å². The molecule has 3 rings (SSSR count). The van der Waals surface area contributed by atoms with Gasteiger partial charge in [-0.15, -0.1) is 0 Å². The van der Waals surface area contributed by atoms with Crippen LogP contribution in [0.2, 0.25) is 0 Å². The summed E-state index contributed by atoms with van der Waals surface area (Å²) in [7, 11) is -2.23. The number of nitrogens with one attached hydrogen (secondary N) is 1. The van der Waals surface area contributed by atoms with Gasteiger partial charge in [-0.25, -0.2) is 13.2 Å². The van der Waals surface area contributed by atoms with Crippen LogP contribution in [0.15, 0.2) is 56.6 Å². The quantitative estimate of drug-likeness (QED) is 0.497. The molecule has 0 radical (unpaired) electrons. The van der Waals surface area contributed by atoms with E-state index in [1.54, 1.807) is 32.0 Å². The van der Waals surface area contributed by atoms with Crippen molar-refractivity contribution in [1.29, 1.82) is 0 Å². The van der Waals surface area contributed by atoms with Crippen molar-refractivity contribution in [2.75, 3.05) is 25.5 Å². The SMILES string of the molecule is CCN(CC)S(=O)(=O)c1ccc(OC)c(NC(=O)CCCn2c(=O)oc3ccccc32)c1. The van der Waals surface area contributed by atoms with Crippen molar-refractivity contribution in [2.45, 2.75) is 38.1 Å². The van der Waals surface area contributed by atoms with E-state index < -0.39 is 15.8 Å². The highest BCUT2D eigenvalue weighted by atomic mass is 32.2. The number of para-hydroxylation sites is 2.